The second-order valence-electron chi connectivity index (χ2n) is 12.7. The SMILES string of the molecule is CC(C)(C)OC(=O)OC(=O)OC(C)(C)C.Cc1ccc2[nH]c(C(=O)OC(C)(C)C)c(-n3c(=O)[nH]c4cscc4c3=O)c2c1. The highest BCUT2D eigenvalue weighted by Crippen LogP contribution is 2.28. The summed E-state index contributed by atoms with van der Waals surface area (Å²) >= 11 is 1.32. The van der Waals surface area contributed by atoms with E-state index in [-0.39, 0.29) is 11.4 Å². The van der Waals surface area contributed by atoms with Gasteiger partial charge in [0.25, 0.3) is 5.56 Å². The Morgan fingerprint density at radius 3 is 1.84 bits per heavy atom. The molecule has 13 heteroatoms. The van der Waals surface area contributed by atoms with Gasteiger partial charge in [-0.1, -0.05) is 11.6 Å². The highest BCUT2D eigenvalue weighted by atomic mass is 32.1. The van der Waals surface area contributed by atoms with E-state index in [9.17, 15) is 24.0 Å². The molecule has 0 bridgehead atoms. The van der Waals surface area contributed by atoms with Crippen LogP contribution in [0.2, 0.25) is 0 Å². The Balaban J connectivity index is 0.000000289. The number of nitrogens with one attached hydrogen (secondary N) is 2. The molecule has 3 heterocycles. The third-order valence-electron chi connectivity index (χ3n) is 5.24. The Labute approximate surface area is 251 Å². The number of ether oxygens (including phenoxy) is 4. The van der Waals surface area contributed by atoms with Gasteiger partial charge in [-0.25, -0.2) is 23.7 Å². The molecule has 232 valence electrons. The second-order valence-corrected chi connectivity index (χ2v) is 13.4. The molecule has 0 spiro atoms. The molecule has 0 aliphatic rings. The smallest absolute Gasteiger partial charge is 0.455 e. The maximum atomic E-state index is 13.1. The largest absolute Gasteiger partial charge is 0.519 e. The normalized spacial score (nSPS) is 12.0. The average molecular weight is 616 g/mol. The number of aromatic amines is 2. The number of esters is 1. The summed E-state index contributed by atoms with van der Waals surface area (Å²) in [6.45, 7) is 17.2. The molecule has 0 fully saturated rings. The Bertz CT molecular complexity index is 1760. The molecule has 1 aromatic carbocycles. The van der Waals surface area contributed by atoms with Gasteiger partial charge in [-0.2, -0.15) is 0 Å². The quantitative estimate of drug-likeness (QED) is 0.149. The molecule has 43 heavy (non-hydrogen) atoms. The van der Waals surface area contributed by atoms with E-state index in [2.05, 4.69) is 14.7 Å². The van der Waals surface area contributed by atoms with Gasteiger partial charge in [0.05, 0.1) is 16.6 Å². The number of benzene rings is 1. The van der Waals surface area contributed by atoms with E-state index in [0.717, 1.165) is 10.1 Å². The number of rotatable bonds is 2. The van der Waals surface area contributed by atoms with Crippen LogP contribution in [0.5, 0.6) is 0 Å². The van der Waals surface area contributed by atoms with Gasteiger partial charge < -0.3 is 28.9 Å². The van der Waals surface area contributed by atoms with Gasteiger partial charge in [0.15, 0.2) is 5.69 Å². The molecule has 2 N–H and O–H groups in total. The predicted octanol–water partition coefficient (Wildman–Crippen LogP) is 6.36. The lowest BCUT2D eigenvalue weighted by Gasteiger charge is -2.20. The third-order valence-corrected chi connectivity index (χ3v) is 5.98. The summed E-state index contributed by atoms with van der Waals surface area (Å²) in [6, 6.07) is 5.53. The summed E-state index contributed by atoms with van der Waals surface area (Å²) in [5.74, 6) is -0.631. The minimum atomic E-state index is -1.06. The number of carbonyl (C=O) groups is 3. The fourth-order valence-corrected chi connectivity index (χ4v) is 4.51. The first kappa shape index (κ1) is 33.1. The lowest BCUT2D eigenvalue weighted by molar-refractivity contribution is -0.0294. The number of hydrogen-bond acceptors (Lipinski definition) is 10. The van der Waals surface area contributed by atoms with E-state index in [1.165, 1.54) is 11.3 Å². The van der Waals surface area contributed by atoms with E-state index >= 15 is 0 Å². The van der Waals surface area contributed by atoms with Crippen molar-refractivity contribution in [3.8, 4) is 5.69 Å². The van der Waals surface area contributed by atoms with Gasteiger partial charge in [0, 0.05) is 21.7 Å². The Hall–Kier alpha value is -4.39. The first-order valence-electron chi connectivity index (χ1n) is 13.4. The maximum Gasteiger partial charge on any atom is 0.519 e. The summed E-state index contributed by atoms with van der Waals surface area (Å²) < 4.78 is 20.3. The second kappa shape index (κ2) is 12.1. The maximum absolute atomic E-state index is 13.1. The number of fused-ring (bicyclic) bond motifs is 2. The topological polar surface area (TPSA) is 159 Å². The van der Waals surface area contributed by atoms with Gasteiger partial charge in [-0.15, -0.1) is 11.3 Å². The van der Waals surface area contributed by atoms with E-state index in [0.29, 0.717) is 21.8 Å². The zero-order valence-corrected chi connectivity index (χ0v) is 26.7. The van der Waals surface area contributed by atoms with Crippen LogP contribution in [0, 0.1) is 6.92 Å². The predicted molar refractivity (Wildman–Crippen MR) is 163 cm³/mol. The van der Waals surface area contributed by atoms with E-state index in [1.807, 2.05) is 25.1 Å². The van der Waals surface area contributed by atoms with Crippen molar-refractivity contribution in [2.75, 3.05) is 0 Å². The average Bonchev–Trinajstić information content (AvgIpc) is 3.40. The highest BCUT2D eigenvalue weighted by Gasteiger charge is 2.27. The lowest BCUT2D eigenvalue weighted by Crippen LogP contribution is -2.34. The first-order valence-corrected chi connectivity index (χ1v) is 14.3. The minimum absolute atomic E-state index is 0.0673. The zero-order chi connectivity index (χ0) is 32.5. The number of aromatic nitrogens is 3. The van der Waals surface area contributed by atoms with Gasteiger partial charge in [-0.3, -0.25) is 4.79 Å². The van der Waals surface area contributed by atoms with Crippen LogP contribution in [-0.2, 0) is 18.9 Å². The summed E-state index contributed by atoms with van der Waals surface area (Å²) in [5, 5.41) is 4.37. The molecule has 4 rings (SSSR count). The summed E-state index contributed by atoms with van der Waals surface area (Å²) in [5.41, 5.74) is -0.886. The number of H-pyrrole nitrogens is 2. The van der Waals surface area contributed by atoms with Crippen LogP contribution in [0.3, 0.4) is 0 Å². The van der Waals surface area contributed by atoms with Crippen LogP contribution in [0.25, 0.3) is 27.5 Å². The standard InChI is InChI=1S/C20H19N3O4S.C10H18O5/c1-10-5-6-13-11(7-10)16(15(21-13)18(25)27-20(2,3)4)23-17(24)12-8-28-9-14(12)22-19(23)26;1-9(2,3)14-7(11)13-8(12)15-10(4,5)6/h5-9,21H,1-4H3,(H,22,26);1-6H3. The molecule has 0 atom stereocenters. The number of thiophene rings is 1. The molecular weight excluding hydrogens is 578 g/mol. The Morgan fingerprint density at radius 2 is 1.30 bits per heavy atom. The van der Waals surface area contributed by atoms with Crippen molar-refractivity contribution in [2.45, 2.75) is 86.0 Å². The van der Waals surface area contributed by atoms with Crippen LogP contribution in [0.15, 0.2) is 38.5 Å². The van der Waals surface area contributed by atoms with Gasteiger partial charge >= 0.3 is 24.0 Å². The first-order chi connectivity index (χ1) is 19.6. The number of hydrogen-bond donors (Lipinski definition) is 2. The van der Waals surface area contributed by atoms with Crippen molar-refractivity contribution < 1.29 is 33.3 Å². The molecule has 12 nitrogen and oxygen atoms in total. The van der Waals surface area contributed by atoms with Crippen molar-refractivity contribution in [1.29, 1.82) is 0 Å². The summed E-state index contributed by atoms with van der Waals surface area (Å²) in [6.07, 6.45) is -2.12. The van der Waals surface area contributed by atoms with Crippen LogP contribution in [0.4, 0.5) is 9.59 Å². The van der Waals surface area contributed by atoms with Gasteiger partial charge in [0.2, 0.25) is 0 Å². The fourth-order valence-electron chi connectivity index (χ4n) is 3.76. The molecule has 0 aliphatic heterocycles. The summed E-state index contributed by atoms with van der Waals surface area (Å²) in [4.78, 5) is 66.5. The van der Waals surface area contributed by atoms with Gasteiger partial charge in [-0.05, 0) is 81.4 Å². The molecule has 0 radical (unpaired) electrons. The highest BCUT2D eigenvalue weighted by molar-refractivity contribution is 7.09. The summed E-state index contributed by atoms with van der Waals surface area (Å²) in [7, 11) is 0. The third kappa shape index (κ3) is 8.80. The zero-order valence-electron chi connectivity index (χ0n) is 25.9. The fraction of sp³-hybridized carbons (Fsp3) is 0.433. The van der Waals surface area contributed by atoms with E-state index < -0.39 is 46.3 Å². The van der Waals surface area contributed by atoms with E-state index in [4.69, 9.17) is 14.2 Å². The van der Waals surface area contributed by atoms with Crippen LogP contribution < -0.4 is 11.2 Å². The van der Waals surface area contributed by atoms with Crippen molar-refractivity contribution >= 4 is 51.4 Å². The van der Waals surface area contributed by atoms with Crippen LogP contribution >= 0.6 is 11.3 Å². The molecule has 3 aromatic heterocycles. The van der Waals surface area contributed by atoms with Crippen molar-refractivity contribution in [2.24, 2.45) is 0 Å². The van der Waals surface area contributed by atoms with Crippen LogP contribution in [-0.4, -0.2) is 49.6 Å². The minimum Gasteiger partial charge on any atom is -0.455 e. The molecule has 4 aromatic rings. The molecule has 0 saturated carbocycles. The van der Waals surface area contributed by atoms with Crippen molar-refractivity contribution in [3.63, 3.8) is 0 Å². The lowest BCUT2D eigenvalue weighted by atomic mass is 10.1. The van der Waals surface area contributed by atoms with Crippen molar-refractivity contribution in [1.82, 2.24) is 14.5 Å². The Morgan fingerprint density at radius 1 is 0.744 bits per heavy atom. The Kier molecular flexibility index (Phi) is 9.30. The van der Waals surface area contributed by atoms with E-state index in [1.54, 1.807) is 73.1 Å². The number of carbonyl (C=O) groups excluding carboxylic acids is 3. The molecule has 0 aliphatic carbocycles. The molecule has 0 saturated heterocycles. The molecule has 0 unspecified atom stereocenters. The monoisotopic (exact) mass is 615 g/mol. The number of aryl methyl sites for hydroxylation is 1. The van der Waals surface area contributed by atoms with Crippen LogP contribution in [0.1, 0.15) is 78.4 Å². The number of nitrogens with zero attached hydrogens (tertiary/aromatic N) is 1. The van der Waals surface area contributed by atoms with Gasteiger partial charge in [0.1, 0.15) is 16.8 Å². The molecular formula is C30H37N3O9S. The van der Waals surface area contributed by atoms with Crippen molar-refractivity contribution in [3.05, 3.63) is 61.1 Å². The molecule has 0 amide bonds.